The van der Waals surface area contributed by atoms with Crippen LogP contribution in [0, 0.1) is 5.92 Å². The molecule has 0 spiro atoms. The molecule has 0 aliphatic rings. The van der Waals surface area contributed by atoms with Gasteiger partial charge in [0.1, 0.15) is 5.75 Å². The third kappa shape index (κ3) is 4.87. The zero-order valence-electron chi connectivity index (χ0n) is 11.6. The van der Waals surface area contributed by atoms with Gasteiger partial charge in [-0.25, -0.2) is 0 Å². The predicted molar refractivity (Wildman–Crippen MR) is 78.4 cm³/mol. The molecule has 0 bridgehead atoms. The molecule has 0 aliphatic heterocycles. The number of halogens is 1. The SMILES string of the molecule is CCC(CC)COc1ccc(CC(C)N)cc1Cl. The van der Waals surface area contributed by atoms with Gasteiger partial charge in [0.2, 0.25) is 0 Å². The smallest absolute Gasteiger partial charge is 0.137 e. The van der Waals surface area contributed by atoms with E-state index in [4.69, 9.17) is 22.1 Å². The molecule has 0 saturated heterocycles. The molecule has 1 aromatic rings. The lowest BCUT2D eigenvalue weighted by Crippen LogP contribution is -2.17. The van der Waals surface area contributed by atoms with Gasteiger partial charge in [0, 0.05) is 6.04 Å². The van der Waals surface area contributed by atoms with Crippen molar-refractivity contribution in [1.29, 1.82) is 0 Å². The Hall–Kier alpha value is -0.730. The Morgan fingerprint density at radius 2 is 1.94 bits per heavy atom. The Morgan fingerprint density at radius 3 is 2.44 bits per heavy atom. The number of rotatable bonds is 7. The highest BCUT2D eigenvalue weighted by atomic mass is 35.5. The van der Waals surface area contributed by atoms with Crippen LogP contribution in [0.15, 0.2) is 18.2 Å². The van der Waals surface area contributed by atoms with Crippen LogP contribution in [-0.2, 0) is 6.42 Å². The minimum atomic E-state index is 0.150. The second kappa shape index (κ2) is 7.65. The van der Waals surface area contributed by atoms with Gasteiger partial charge in [-0.2, -0.15) is 0 Å². The van der Waals surface area contributed by atoms with Crippen molar-refractivity contribution in [2.24, 2.45) is 11.7 Å². The summed E-state index contributed by atoms with van der Waals surface area (Å²) in [7, 11) is 0. The lowest BCUT2D eigenvalue weighted by molar-refractivity contribution is 0.240. The Labute approximate surface area is 115 Å². The van der Waals surface area contributed by atoms with E-state index < -0.39 is 0 Å². The fourth-order valence-electron chi connectivity index (χ4n) is 1.89. The van der Waals surface area contributed by atoms with Gasteiger partial charge in [0.25, 0.3) is 0 Å². The lowest BCUT2D eigenvalue weighted by Gasteiger charge is -2.15. The van der Waals surface area contributed by atoms with E-state index >= 15 is 0 Å². The van der Waals surface area contributed by atoms with Crippen molar-refractivity contribution in [2.75, 3.05) is 6.61 Å². The van der Waals surface area contributed by atoms with Gasteiger partial charge in [0.05, 0.1) is 11.6 Å². The number of ether oxygens (including phenoxy) is 1. The van der Waals surface area contributed by atoms with E-state index in [0.29, 0.717) is 10.9 Å². The van der Waals surface area contributed by atoms with E-state index in [1.165, 1.54) is 0 Å². The van der Waals surface area contributed by atoms with Crippen LogP contribution in [0.25, 0.3) is 0 Å². The molecule has 1 atom stereocenters. The monoisotopic (exact) mass is 269 g/mol. The first-order valence-corrected chi connectivity index (χ1v) is 7.11. The molecule has 3 heteroatoms. The van der Waals surface area contributed by atoms with Crippen molar-refractivity contribution < 1.29 is 4.74 Å². The summed E-state index contributed by atoms with van der Waals surface area (Å²) in [5.74, 6) is 1.38. The first kappa shape index (κ1) is 15.3. The van der Waals surface area contributed by atoms with Crippen LogP contribution in [0.4, 0.5) is 0 Å². The molecule has 18 heavy (non-hydrogen) atoms. The zero-order chi connectivity index (χ0) is 13.5. The van der Waals surface area contributed by atoms with Crippen LogP contribution in [0.1, 0.15) is 39.2 Å². The van der Waals surface area contributed by atoms with Crippen molar-refractivity contribution in [3.05, 3.63) is 28.8 Å². The number of nitrogens with two attached hydrogens (primary N) is 1. The molecule has 0 amide bonds. The molecule has 0 fully saturated rings. The maximum absolute atomic E-state index is 6.22. The van der Waals surface area contributed by atoms with E-state index in [-0.39, 0.29) is 6.04 Å². The van der Waals surface area contributed by atoms with E-state index in [0.717, 1.165) is 37.2 Å². The highest BCUT2D eigenvalue weighted by Crippen LogP contribution is 2.26. The first-order valence-electron chi connectivity index (χ1n) is 6.73. The van der Waals surface area contributed by atoms with Gasteiger partial charge < -0.3 is 10.5 Å². The van der Waals surface area contributed by atoms with Crippen molar-refractivity contribution in [3.63, 3.8) is 0 Å². The average molecular weight is 270 g/mol. The fourth-order valence-corrected chi connectivity index (χ4v) is 2.15. The van der Waals surface area contributed by atoms with E-state index in [1.807, 2.05) is 25.1 Å². The lowest BCUT2D eigenvalue weighted by atomic mass is 10.1. The molecule has 0 heterocycles. The van der Waals surface area contributed by atoms with Crippen molar-refractivity contribution in [1.82, 2.24) is 0 Å². The summed E-state index contributed by atoms with van der Waals surface area (Å²) in [6.45, 7) is 7.10. The third-order valence-corrected chi connectivity index (χ3v) is 3.48. The molecular formula is C15H24ClNO. The second-order valence-corrected chi connectivity index (χ2v) is 5.35. The molecule has 102 valence electrons. The first-order chi connectivity index (χ1) is 8.56. The molecule has 2 N–H and O–H groups in total. The molecule has 1 aromatic carbocycles. The van der Waals surface area contributed by atoms with Gasteiger partial charge in [0.15, 0.2) is 0 Å². The minimum absolute atomic E-state index is 0.150. The van der Waals surface area contributed by atoms with Crippen molar-refractivity contribution in [2.45, 2.75) is 46.1 Å². The topological polar surface area (TPSA) is 35.2 Å². The Morgan fingerprint density at radius 1 is 1.28 bits per heavy atom. The predicted octanol–water partition coefficient (Wildman–Crippen LogP) is 4.04. The molecule has 2 nitrogen and oxygen atoms in total. The van der Waals surface area contributed by atoms with Crippen LogP contribution < -0.4 is 10.5 Å². The summed E-state index contributed by atoms with van der Waals surface area (Å²) in [5.41, 5.74) is 6.93. The maximum Gasteiger partial charge on any atom is 0.137 e. The van der Waals surface area contributed by atoms with E-state index in [2.05, 4.69) is 13.8 Å². The Bertz CT molecular complexity index is 362. The molecule has 1 unspecified atom stereocenters. The van der Waals surface area contributed by atoms with Gasteiger partial charge in [-0.05, 0) is 37.0 Å². The van der Waals surface area contributed by atoms with Crippen LogP contribution in [0.2, 0.25) is 5.02 Å². The van der Waals surface area contributed by atoms with Crippen LogP contribution in [-0.4, -0.2) is 12.6 Å². The van der Waals surface area contributed by atoms with Gasteiger partial charge in [-0.3, -0.25) is 0 Å². The zero-order valence-corrected chi connectivity index (χ0v) is 12.3. The average Bonchev–Trinajstić information content (AvgIpc) is 2.32. The number of benzene rings is 1. The Balaban J connectivity index is 2.62. The van der Waals surface area contributed by atoms with Crippen LogP contribution >= 0.6 is 11.6 Å². The van der Waals surface area contributed by atoms with Gasteiger partial charge >= 0.3 is 0 Å². The highest BCUT2D eigenvalue weighted by Gasteiger charge is 2.08. The largest absolute Gasteiger partial charge is 0.492 e. The normalized spacial score (nSPS) is 12.8. The highest BCUT2D eigenvalue weighted by molar-refractivity contribution is 6.32. The third-order valence-electron chi connectivity index (χ3n) is 3.18. The molecule has 0 aromatic heterocycles. The fraction of sp³-hybridized carbons (Fsp3) is 0.600. The van der Waals surface area contributed by atoms with E-state index in [9.17, 15) is 0 Å². The summed E-state index contributed by atoms with van der Waals surface area (Å²) >= 11 is 6.22. The summed E-state index contributed by atoms with van der Waals surface area (Å²) in [6, 6.07) is 6.09. The quantitative estimate of drug-likeness (QED) is 0.811. The molecule has 0 saturated carbocycles. The summed E-state index contributed by atoms with van der Waals surface area (Å²) in [4.78, 5) is 0. The van der Waals surface area contributed by atoms with Gasteiger partial charge in [-0.15, -0.1) is 0 Å². The van der Waals surface area contributed by atoms with Crippen molar-refractivity contribution >= 4 is 11.6 Å². The molecule has 0 aliphatic carbocycles. The standard InChI is InChI=1S/C15H24ClNO/c1-4-12(5-2)10-18-15-7-6-13(8-11(3)17)9-14(15)16/h6-7,9,11-12H,4-5,8,10,17H2,1-3H3. The number of hydrogen-bond acceptors (Lipinski definition) is 2. The summed E-state index contributed by atoms with van der Waals surface area (Å²) in [6.07, 6.45) is 3.11. The summed E-state index contributed by atoms with van der Waals surface area (Å²) < 4.78 is 5.78. The van der Waals surface area contributed by atoms with Crippen LogP contribution in [0.3, 0.4) is 0 Å². The summed E-state index contributed by atoms with van der Waals surface area (Å²) in [5, 5.41) is 0.680. The maximum atomic E-state index is 6.22. The molecule has 0 radical (unpaired) electrons. The second-order valence-electron chi connectivity index (χ2n) is 4.94. The van der Waals surface area contributed by atoms with E-state index in [1.54, 1.807) is 0 Å². The molecule has 1 rings (SSSR count). The number of hydrogen-bond donors (Lipinski definition) is 1. The van der Waals surface area contributed by atoms with Gasteiger partial charge in [-0.1, -0.05) is 44.4 Å². The Kier molecular flexibility index (Phi) is 6.51. The van der Waals surface area contributed by atoms with Crippen LogP contribution in [0.5, 0.6) is 5.75 Å². The molecular weight excluding hydrogens is 246 g/mol. The minimum Gasteiger partial charge on any atom is -0.492 e. The van der Waals surface area contributed by atoms with Crippen molar-refractivity contribution in [3.8, 4) is 5.75 Å².